The number of carbonyl (C=O) groups excluding carboxylic acids is 1. The molecule has 106 valence electrons. The Morgan fingerprint density at radius 1 is 1.57 bits per heavy atom. The summed E-state index contributed by atoms with van der Waals surface area (Å²) in [5.74, 6) is 1.11. The van der Waals surface area contributed by atoms with Crippen molar-refractivity contribution >= 4 is 39.4 Å². The van der Waals surface area contributed by atoms with Gasteiger partial charge in [0.1, 0.15) is 6.07 Å². The summed E-state index contributed by atoms with van der Waals surface area (Å²) in [5, 5.41) is 12.8. The lowest BCUT2D eigenvalue weighted by atomic mass is 10.1. The monoisotopic (exact) mass is 362 g/mol. The van der Waals surface area contributed by atoms with Gasteiger partial charge in [0.2, 0.25) is 5.91 Å². The first-order chi connectivity index (χ1) is 10.2. The number of nitrogens with zero attached hydrogens (tertiary/aromatic N) is 3. The van der Waals surface area contributed by atoms with Crippen LogP contribution < -0.4 is 5.32 Å². The van der Waals surface area contributed by atoms with Gasteiger partial charge in [-0.1, -0.05) is 39.8 Å². The third-order valence-corrected chi connectivity index (χ3v) is 4.55. The fourth-order valence-electron chi connectivity index (χ4n) is 2.19. The van der Waals surface area contributed by atoms with E-state index in [0.29, 0.717) is 11.5 Å². The molecule has 0 aliphatic carbocycles. The van der Waals surface area contributed by atoms with Gasteiger partial charge >= 0.3 is 0 Å². The third-order valence-electron chi connectivity index (χ3n) is 3.10. The van der Waals surface area contributed by atoms with E-state index in [9.17, 15) is 10.1 Å². The Hall–Kier alpha value is -1.78. The van der Waals surface area contributed by atoms with E-state index in [1.54, 1.807) is 11.8 Å². The predicted octanol–water partition coefficient (Wildman–Crippen LogP) is 2.80. The van der Waals surface area contributed by atoms with Crippen LogP contribution >= 0.6 is 27.7 Å². The first kappa shape index (κ1) is 14.2. The van der Waals surface area contributed by atoms with Crippen molar-refractivity contribution in [3.63, 3.8) is 0 Å². The minimum absolute atomic E-state index is 0.175. The SMILES string of the molecule is N#Cc1c(NC(=O)Cc2cccc(Br)c2)nc2n1CCS2. The number of hydrogen-bond acceptors (Lipinski definition) is 4. The number of fused-ring (bicyclic) bond motifs is 1. The Labute approximate surface area is 134 Å². The Morgan fingerprint density at radius 3 is 3.19 bits per heavy atom. The molecule has 0 unspecified atom stereocenters. The summed E-state index contributed by atoms with van der Waals surface area (Å²) in [5.41, 5.74) is 1.33. The van der Waals surface area contributed by atoms with Gasteiger partial charge in [0, 0.05) is 16.8 Å². The summed E-state index contributed by atoms with van der Waals surface area (Å²) in [6, 6.07) is 9.70. The molecule has 0 saturated heterocycles. The maximum Gasteiger partial charge on any atom is 0.230 e. The van der Waals surface area contributed by atoms with Gasteiger partial charge in [-0.05, 0) is 17.7 Å². The number of imidazole rings is 1. The van der Waals surface area contributed by atoms with E-state index >= 15 is 0 Å². The highest BCUT2D eigenvalue weighted by molar-refractivity contribution is 9.10. The lowest BCUT2D eigenvalue weighted by Gasteiger charge is -2.04. The van der Waals surface area contributed by atoms with Crippen molar-refractivity contribution in [2.45, 2.75) is 18.1 Å². The minimum Gasteiger partial charge on any atom is -0.308 e. The van der Waals surface area contributed by atoms with Crippen molar-refractivity contribution in [3.05, 3.63) is 40.0 Å². The highest BCUT2D eigenvalue weighted by Gasteiger charge is 2.22. The Kier molecular flexibility index (Phi) is 3.99. The lowest BCUT2D eigenvalue weighted by molar-refractivity contribution is -0.115. The zero-order chi connectivity index (χ0) is 14.8. The largest absolute Gasteiger partial charge is 0.308 e. The fourth-order valence-corrected chi connectivity index (χ4v) is 3.58. The normalized spacial score (nSPS) is 12.8. The number of halogens is 1. The second-order valence-corrected chi connectivity index (χ2v) is 6.54. The number of aromatic nitrogens is 2. The molecule has 1 aromatic carbocycles. The molecule has 0 spiro atoms. The number of nitriles is 1. The van der Waals surface area contributed by atoms with E-state index in [0.717, 1.165) is 27.5 Å². The van der Waals surface area contributed by atoms with Crippen molar-refractivity contribution in [2.24, 2.45) is 0 Å². The number of nitrogens with one attached hydrogen (secondary N) is 1. The molecule has 1 N–H and O–H groups in total. The molecule has 0 bridgehead atoms. The molecule has 0 atom stereocenters. The van der Waals surface area contributed by atoms with E-state index in [4.69, 9.17) is 0 Å². The predicted molar refractivity (Wildman–Crippen MR) is 84.1 cm³/mol. The van der Waals surface area contributed by atoms with Gasteiger partial charge in [0.05, 0.1) is 6.42 Å². The molecule has 21 heavy (non-hydrogen) atoms. The molecule has 2 aromatic rings. The van der Waals surface area contributed by atoms with Crippen LogP contribution in [0, 0.1) is 11.3 Å². The molecule has 5 nitrogen and oxygen atoms in total. The van der Waals surface area contributed by atoms with Crippen LogP contribution in [0.2, 0.25) is 0 Å². The van der Waals surface area contributed by atoms with Crippen LogP contribution in [-0.4, -0.2) is 21.2 Å². The number of benzene rings is 1. The van der Waals surface area contributed by atoms with Gasteiger partial charge in [0.25, 0.3) is 0 Å². The molecule has 1 aromatic heterocycles. The van der Waals surface area contributed by atoms with E-state index in [1.807, 2.05) is 28.8 Å². The molecule has 7 heteroatoms. The molecule has 1 amide bonds. The van der Waals surface area contributed by atoms with E-state index in [1.165, 1.54) is 0 Å². The van der Waals surface area contributed by atoms with Crippen LogP contribution in [0.1, 0.15) is 11.3 Å². The summed E-state index contributed by atoms with van der Waals surface area (Å²) in [7, 11) is 0. The molecular weight excluding hydrogens is 352 g/mol. The first-order valence-electron chi connectivity index (χ1n) is 6.35. The standard InChI is InChI=1S/C14H11BrN4OS/c15-10-3-1-2-9(6-10)7-12(20)17-13-11(8-16)19-4-5-21-14(19)18-13/h1-3,6H,4-5,7H2,(H,17,20). The zero-order valence-electron chi connectivity index (χ0n) is 11.0. The van der Waals surface area contributed by atoms with Crippen LogP contribution in [0.5, 0.6) is 0 Å². The van der Waals surface area contributed by atoms with Gasteiger partial charge in [0.15, 0.2) is 16.7 Å². The van der Waals surface area contributed by atoms with Gasteiger partial charge in [-0.2, -0.15) is 5.26 Å². The zero-order valence-corrected chi connectivity index (χ0v) is 13.4. The second kappa shape index (κ2) is 5.92. The van der Waals surface area contributed by atoms with Crippen LogP contribution in [0.4, 0.5) is 5.82 Å². The first-order valence-corrected chi connectivity index (χ1v) is 8.13. The summed E-state index contributed by atoms with van der Waals surface area (Å²) in [6.07, 6.45) is 0.250. The number of carbonyl (C=O) groups is 1. The van der Waals surface area contributed by atoms with Gasteiger partial charge in [-0.3, -0.25) is 4.79 Å². The molecule has 0 fully saturated rings. The topological polar surface area (TPSA) is 70.7 Å². The smallest absolute Gasteiger partial charge is 0.230 e. The minimum atomic E-state index is -0.175. The average Bonchev–Trinajstić information content (AvgIpc) is 2.98. The number of hydrogen-bond donors (Lipinski definition) is 1. The van der Waals surface area contributed by atoms with Crippen molar-refractivity contribution in [3.8, 4) is 6.07 Å². The van der Waals surface area contributed by atoms with Gasteiger partial charge in [-0.25, -0.2) is 4.98 Å². The Morgan fingerprint density at radius 2 is 2.43 bits per heavy atom. The number of amides is 1. The van der Waals surface area contributed by atoms with E-state index in [2.05, 4.69) is 32.3 Å². The number of anilines is 1. The molecule has 1 aliphatic rings. The summed E-state index contributed by atoms with van der Waals surface area (Å²) >= 11 is 4.97. The number of thioether (sulfide) groups is 1. The molecule has 0 saturated carbocycles. The van der Waals surface area contributed by atoms with Crippen molar-refractivity contribution in [1.82, 2.24) is 9.55 Å². The third kappa shape index (κ3) is 2.96. The van der Waals surface area contributed by atoms with Crippen LogP contribution in [-0.2, 0) is 17.8 Å². The average molecular weight is 363 g/mol. The van der Waals surface area contributed by atoms with Crippen molar-refractivity contribution in [1.29, 1.82) is 5.26 Å². The highest BCUT2D eigenvalue weighted by atomic mass is 79.9. The molecule has 3 rings (SSSR count). The van der Waals surface area contributed by atoms with E-state index < -0.39 is 0 Å². The molecular formula is C14H11BrN4OS. The maximum atomic E-state index is 12.1. The summed E-state index contributed by atoms with van der Waals surface area (Å²) < 4.78 is 2.78. The van der Waals surface area contributed by atoms with Crippen LogP contribution in [0.25, 0.3) is 0 Å². The van der Waals surface area contributed by atoms with Gasteiger partial charge < -0.3 is 9.88 Å². The van der Waals surface area contributed by atoms with Crippen LogP contribution in [0.3, 0.4) is 0 Å². The second-order valence-electron chi connectivity index (χ2n) is 4.56. The fraction of sp³-hybridized carbons (Fsp3) is 0.214. The molecule has 1 aliphatic heterocycles. The lowest BCUT2D eigenvalue weighted by Crippen LogP contribution is -2.16. The molecule has 2 heterocycles. The summed E-state index contributed by atoms with van der Waals surface area (Å²) in [6.45, 7) is 0.761. The highest BCUT2D eigenvalue weighted by Crippen LogP contribution is 2.30. The summed E-state index contributed by atoms with van der Waals surface area (Å²) in [4.78, 5) is 16.4. The van der Waals surface area contributed by atoms with Crippen molar-refractivity contribution in [2.75, 3.05) is 11.1 Å². The van der Waals surface area contributed by atoms with E-state index in [-0.39, 0.29) is 12.3 Å². The Bertz CT molecular complexity index is 750. The Balaban J connectivity index is 1.75. The van der Waals surface area contributed by atoms with Crippen LogP contribution in [0.15, 0.2) is 33.9 Å². The van der Waals surface area contributed by atoms with Gasteiger partial charge in [-0.15, -0.1) is 0 Å². The van der Waals surface area contributed by atoms with Crippen molar-refractivity contribution < 1.29 is 4.79 Å². The molecule has 0 radical (unpaired) electrons. The number of rotatable bonds is 3. The quantitative estimate of drug-likeness (QED) is 0.911. The maximum absolute atomic E-state index is 12.1.